The Bertz CT molecular complexity index is 896. The maximum atomic E-state index is 12.6. The number of carbonyl (C=O) groups excluding carboxylic acids is 1. The number of carbonyl (C=O) groups is 1. The molecule has 0 aromatic carbocycles. The van der Waals surface area contributed by atoms with Crippen LogP contribution in [0.2, 0.25) is 0 Å². The van der Waals surface area contributed by atoms with E-state index in [2.05, 4.69) is 27.1 Å². The summed E-state index contributed by atoms with van der Waals surface area (Å²) < 4.78 is 0. The van der Waals surface area contributed by atoms with Crippen LogP contribution >= 0.6 is 11.3 Å². The molecule has 0 bridgehead atoms. The van der Waals surface area contributed by atoms with Crippen molar-refractivity contribution in [2.45, 2.75) is 70.8 Å². The number of hydrogen-bond acceptors (Lipinski definition) is 5. The first-order valence-corrected chi connectivity index (χ1v) is 11.5. The lowest BCUT2D eigenvalue weighted by atomic mass is 9.97. The van der Waals surface area contributed by atoms with Crippen LogP contribution in [0.3, 0.4) is 0 Å². The minimum absolute atomic E-state index is 0.0388. The number of piperidine rings is 1. The Morgan fingerprint density at radius 2 is 2.07 bits per heavy atom. The van der Waals surface area contributed by atoms with Crippen LogP contribution in [0, 0.1) is 0 Å². The number of nitrogens with one attached hydrogen (secondary N) is 2. The number of nitrogens with zero attached hydrogens (tertiary/aromatic N) is 2. The maximum absolute atomic E-state index is 12.6. The fraction of sp³-hybridized carbons (Fsp3) is 0.667. The van der Waals surface area contributed by atoms with E-state index in [9.17, 15) is 9.59 Å². The molecule has 4 rings (SSSR count). The number of aromatic amines is 1. The molecule has 6 nitrogen and oxygen atoms in total. The summed E-state index contributed by atoms with van der Waals surface area (Å²) in [6, 6.07) is 0.277. The summed E-state index contributed by atoms with van der Waals surface area (Å²) in [6.07, 6.45) is 8.47. The molecule has 1 saturated heterocycles. The molecule has 7 heteroatoms. The largest absolute Gasteiger partial charge is 0.353 e. The van der Waals surface area contributed by atoms with Gasteiger partial charge in [-0.25, -0.2) is 4.98 Å². The smallest absolute Gasteiger partial charge is 0.259 e. The summed E-state index contributed by atoms with van der Waals surface area (Å²) in [6.45, 7) is 5.48. The van der Waals surface area contributed by atoms with Gasteiger partial charge in [0.05, 0.1) is 5.39 Å². The van der Waals surface area contributed by atoms with Crippen LogP contribution in [0.1, 0.15) is 61.7 Å². The lowest BCUT2D eigenvalue weighted by Crippen LogP contribution is -2.44. The van der Waals surface area contributed by atoms with Crippen molar-refractivity contribution in [3.8, 4) is 0 Å². The number of fused-ring (bicyclic) bond motifs is 3. The second-order valence-electron chi connectivity index (χ2n) is 8.09. The molecule has 28 heavy (non-hydrogen) atoms. The van der Waals surface area contributed by atoms with Crippen molar-refractivity contribution >= 4 is 27.5 Å². The molecule has 0 unspecified atom stereocenters. The highest BCUT2D eigenvalue weighted by molar-refractivity contribution is 7.18. The zero-order valence-corrected chi connectivity index (χ0v) is 17.5. The standard InChI is InChI=1S/C21H30N4O2S/c1-2-11-25-12-9-14(10-13-25)22-18(26)8-7-17-23-20(27)19-15-5-3-4-6-16(15)28-21(19)24-17/h14H,2-13H2,1H3,(H,22,26)(H,23,24,27). The number of aryl methyl sites for hydroxylation is 3. The van der Waals surface area contributed by atoms with Gasteiger partial charge in [-0.15, -0.1) is 11.3 Å². The number of likely N-dealkylation sites (tertiary alicyclic amines) is 1. The van der Waals surface area contributed by atoms with Crippen LogP contribution < -0.4 is 10.9 Å². The van der Waals surface area contributed by atoms with Crippen LogP contribution in [0.4, 0.5) is 0 Å². The van der Waals surface area contributed by atoms with Gasteiger partial charge in [-0.05, 0) is 57.1 Å². The number of aromatic nitrogens is 2. The molecule has 2 aromatic heterocycles. The Hall–Kier alpha value is -1.73. The predicted molar refractivity (Wildman–Crippen MR) is 113 cm³/mol. The van der Waals surface area contributed by atoms with Crippen LogP contribution in [-0.4, -0.2) is 46.5 Å². The number of hydrogen-bond donors (Lipinski definition) is 2. The second-order valence-corrected chi connectivity index (χ2v) is 9.17. The Morgan fingerprint density at radius 1 is 1.29 bits per heavy atom. The van der Waals surface area contributed by atoms with E-state index in [1.165, 1.54) is 23.3 Å². The molecule has 3 heterocycles. The summed E-state index contributed by atoms with van der Waals surface area (Å²) in [5.41, 5.74) is 1.17. The molecule has 2 aromatic rings. The molecule has 0 atom stereocenters. The van der Waals surface area contributed by atoms with Gasteiger partial charge in [0.15, 0.2) is 0 Å². The van der Waals surface area contributed by atoms with Gasteiger partial charge < -0.3 is 15.2 Å². The van der Waals surface area contributed by atoms with E-state index < -0.39 is 0 Å². The molecular weight excluding hydrogens is 372 g/mol. The van der Waals surface area contributed by atoms with Crippen LogP contribution in [0.15, 0.2) is 4.79 Å². The van der Waals surface area contributed by atoms with Gasteiger partial charge in [0, 0.05) is 36.9 Å². The summed E-state index contributed by atoms with van der Waals surface area (Å²) >= 11 is 1.66. The van der Waals surface area contributed by atoms with Gasteiger partial charge in [-0.2, -0.15) is 0 Å². The molecule has 0 radical (unpaired) electrons. The fourth-order valence-electron chi connectivity index (χ4n) is 4.48. The van der Waals surface area contributed by atoms with Crippen LogP contribution in [0.25, 0.3) is 10.2 Å². The van der Waals surface area contributed by atoms with Crippen LogP contribution in [-0.2, 0) is 24.1 Å². The normalized spacial score (nSPS) is 18.3. The molecule has 1 aliphatic carbocycles. The highest BCUT2D eigenvalue weighted by Crippen LogP contribution is 2.33. The van der Waals surface area contributed by atoms with E-state index in [-0.39, 0.29) is 17.5 Å². The minimum atomic E-state index is -0.0388. The van der Waals surface area contributed by atoms with Gasteiger partial charge in [0.25, 0.3) is 5.56 Å². The van der Waals surface area contributed by atoms with Crippen molar-refractivity contribution in [3.05, 3.63) is 26.6 Å². The van der Waals surface area contributed by atoms with Crippen molar-refractivity contribution in [1.82, 2.24) is 20.2 Å². The number of thiophene rings is 1. The summed E-state index contributed by atoms with van der Waals surface area (Å²) in [5, 5.41) is 3.94. The number of amides is 1. The van der Waals surface area contributed by atoms with Gasteiger partial charge >= 0.3 is 0 Å². The lowest BCUT2D eigenvalue weighted by molar-refractivity contribution is -0.122. The molecule has 0 spiro atoms. The molecule has 2 aliphatic rings. The van der Waals surface area contributed by atoms with E-state index in [4.69, 9.17) is 0 Å². The Labute approximate surface area is 169 Å². The monoisotopic (exact) mass is 402 g/mol. The molecule has 0 saturated carbocycles. The van der Waals surface area contributed by atoms with Gasteiger partial charge in [-0.1, -0.05) is 6.92 Å². The molecule has 1 amide bonds. The van der Waals surface area contributed by atoms with Gasteiger partial charge in [0.1, 0.15) is 10.7 Å². The van der Waals surface area contributed by atoms with E-state index in [0.717, 1.165) is 62.0 Å². The third-order valence-corrected chi connectivity index (χ3v) is 7.14. The number of H-pyrrole nitrogens is 1. The first kappa shape index (κ1) is 19.6. The van der Waals surface area contributed by atoms with Crippen molar-refractivity contribution < 1.29 is 4.79 Å². The molecular formula is C21H30N4O2S. The predicted octanol–water partition coefficient (Wildman–Crippen LogP) is 2.79. The van der Waals surface area contributed by atoms with Gasteiger partial charge in [-0.3, -0.25) is 9.59 Å². The summed E-state index contributed by atoms with van der Waals surface area (Å²) in [5.74, 6) is 0.686. The molecule has 152 valence electrons. The average Bonchev–Trinajstić information content (AvgIpc) is 3.07. The number of rotatable bonds is 6. The summed E-state index contributed by atoms with van der Waals surface area (Å²) in [7, 11) is 0. The summed E-state index contributed by atoms with van der Waals surface area (Å²) in [4.78, 5) is 37.2. The van der Waals surface area contributed by atoms with Crippen molar-refractivity contribution in [3.63, 3.8) is 0 Å². The average molecular weight is 403 g/mol. The first-order chi connectivity index (χ1) is 13.6. The molecule has 1 aliphatic heterocycles. The van der Waals surface area contributed by atoms with Crippen molar-refractivity contribution in [2.24, 2.45) is 0 Å². The van der Waals surface area contributed by atoms with E-state index in [0.29, 0.717) is 18.7 Å². The zero-order chi connectivity index (χ0) is 19.5. The van der Waals surface area contributed by atoms with E-state index >= 15 is 0 Å². The molecule has 1 fully saturated rings. The zero-order valence-electron chi connectivity index (χ0n) is 16.7. The second kappa shape index (κ2) is 8.74. The van der Waals surface area contributed by atoms with Gasteiger partial charge in [0.2, 0.25) is 5.91 Å². The third kappa shape index (κ3) is 4.30. The highest BCUT2D eigenvalue weighted by atomic mass is 32.1. The minimum Gasteiger partial charge on any atom is -0.353 e. The lowest BCUT2D eigenvalue weighted by Gasteiger charge is -2.32. The topological polar surface area (TPSA) is 78.1 Å². The Kier molecular flexibility index (Phi) is 6.11. The van der Waals surface area contributed by atoms with Crippen molar-refractivity contribution in [2.75, 3.05) is 19.6 Å². The third-order valence-electron chi connectivity index (χ3n) is 5.96. The van der Waals surface area contributed by atoms with Crippen molar-refractivity contribution in [1.29, 1.82) is 0 Å². The Morgan fingerprint density at radius 3 is 2.86 bits per heavy atom. The highest BCUT2D eigenvalue weighted by Gasteiger charge is 2.21. The SMILES string of the molecule is CCCN1CCC(NC(=O)CCc2nc3sc4c(c3c(=O)[nH]2)CCCC4)CC1. The van der Waals surface area contributed by atoms with E-state index in [1.54, 1.807) is 11.3 Å². The quantitative estimate of drug-likeness (QED) is 0.779. The fourth-order valence-corrected chi connectivity index (χ4v) is 5.76. The van der Waals surface area contributed by atoms with Crippen LogP contribution in [0.5, 0.6) is 0 Å². The van der Waals surface area contributed by atoms with E-state index in [1.807, 2.05) is 0 Å². The Balaban J connectivity index is 1.34. The first-order valence-electron chi connectivity index (χ1n) is 10.7. The maximum Gasteiger partial charge on any atom is 0.259 e. The molecule has 2 N–H and O–H groups in total.